The van der Waals surface area contributed by atoms with Gasteiger partial charge in [0, 0.05) is 0 Å². The highest BCUT2D eigenvalue weighted by molar-refractivity contribution is 5.71. The molecule has 0 bridgehead atoms. The first-order chi connectivity index (χ1) is 5.49. The summed E-state index contributed by atoms with van der Waals surface area (Å²) in [6.45, 7) is 7.98. The van der Waals surface area contributed by atoms with E-state index in [9.17, 15) is 4.79 Å². The third kappa shape index (κ3) is 3.72. The van der Waals surface area contributed by atoms with Crippen molar-refractivity contribution in [2.45, 2.75) is 34.1 Å². The first-order valence-electron chi connectivity index (χ1n) is 4.34. The molecule has 0 aliphatic rings. The van der Waals surface area contributed by atoms with Gasteiger partial charge in [-0.05, 0) is 18.3 Å². The maximum atomic E-state index is 11.0. The van der Waals surface area contributed by atoms with Gasteiger partial charge in [0.05, 0.1) is 5.92 Å². The summed E-state index contributed by atoms with van der Waals surface area (Å²) in [6, 6.07) is 0. The van der Waals surface area contributed by atoms with Gasteiger partial charge in [0.15, 0.2) is 0 Å². The fourth-order valence-electron chi connectivity index (χ4n) is 1.22. The maximum absolute atomic E-state index is 11.0. The molecule has 0 aromatic rings. The molecule has 0 aliphatic heterocycles. The molecule has 1 unspecified atom stereocenters. The fourth-order valence-corrected chi connectivity index (χ4v) is 1.22. The minimum Gasteiger partial charge on any atom is -0.301 e. The van der Waals surface area contributed by atoms with Gasteiger partial charge in [-0.1, -0.05) is 27.7 Å². The van der Waals surface area contributed by atoms with Crippen LogP contribution >= 0.6 is 0 Å². The van der Waals surface area contributed by atoms with Crippen LogP contribution in [0.25, 0.3) is 0 Å². The van der Waals surface area contributed by atoms with Crippen molar-refractivity contribution in [1.82, 2.24) is 0 Å². The number of carbonyl (C=O) groups excluding carboxylic acids is 1. The molecule has 72 valence electrons. The smallest absolute Gasteiger partial charge is 0.301 e. The summed E-state index contributed by atoms with van der Waals surface area (Å²) in [7, 11) is 0. The molecule has 12 heavy (non-hydrogen) atoms. The van der Waals surface area contributed by atoms with Crippen LogP contribution in [0, 0.1) is 17.8 Å². The van der Waals surface area contributed by atoms with E-state index in [0.29, 0.717) is 5.92 Å². The normalized spacial score (nSPS) is 13.6. The first kappa shape index (κ1) is 11.4. The summed E-state index contributed by atoms with van der Waals surface area (Å²) in [5.41, 5.74) is 0. The molecule has 3 heteroatoms. The Morgan fingerprint density at radius 1 is 1.33 bits per heavy atom. The fraction of sp³-hybridized carbons (Fsp3) is 0.889. The molecule has 0 rings (SSSR count). The molecule has 0 radical (unpaired) electrons. The highest BCUT2D eigenvalue weighted by atomic mass is 17.1. The zero-order chi connectivity index (χ0) is 9.72. The molecule has 0 saturated carbocycles. The van der Waals surface area contributed by atoms with Crippen molar-refractivity contribution in [3.8, 4) is 0 Å². The van der Waals surface area contributed by atoms with Gasteiger partial charge in [-0.2, -0.15) is 5.26 Å². The third-order valence-corrected chi connectivity index (χ3v) is 1.92. The Morgan fingerprint density at radius 3 is 2.08 bits per heavy atom. The lowest BCUT2D eigenvalue weighted by Crippen LogP contribution is -2.23. The van der Waals surface area contributed by atoms with Gasteiger partial charge >= 0.3 is 5.97 Å². The Labute approximate surface area is 73.7 Å². The minimum atomic E-state index is -0.515. The second-order valence-corrected chi connectivity index (χ2v) is 3.89. The summed E-state index contributed by atoms with van der Waals surface area (Å²) >= 11 is 0. The quantitative estimate of drug-likeness (QED) is 0.525. The van der Waals surface area contributed by atoms with Gasteiger partial charge < -0.3 is 4.89 Å². The van der Waals surface area contributed by atoms with Crippen molar-refractivity contribution in [3.05, 3.63) is 0 Å². The van der Waals surface area contributed by atoms with Crippen molar-refractivity contribution >= 4 is 5.97 Å². The van der Waals surface area contributed by atoms with Crippen molar-refractivity contribution in [3.63, 3.8) is 0 Å². The van der Waals surface area contributed by atoms with Crippen molar-refractivity contribution < 1.29 is 14.9 Å². The molecule has 1 N–H and O–H groups in total. The molecule has 0 fully saturated rings. The Balaban J connectivity index is 4.13. The third-order valence-electron chi connectivity index (χ3n) is 1.92. The molecule has 0 aromatic heterocycles. The summed E-state index contributed by atoms with van der Waals surface area (Å²) in [5, 5.41) is 8.22. The molecule has 0 aliphatic carbocycles. The van der Waals surface area contributed by atoms with E-state index in [1.54, 1.807) is 0 Å². The van der Waals surface area contributed by atoms with Crippen LogP contribution in [0.15, 0.2) is 0 Å². The van der Waals surface area contributed by atoms with Crippen LogP contribution in [0.4, 0.5) is 0 Å². The molecular weight excluding hydrogens is 156 g/mol. The zero-order valence-corrected chi connectivity index (χ0v) is 8.20. The molecule has 1 atom stereocenters. The SMILES string of the molecule is CC(C)CC(C(=O)OO)C(C)C. The van der Waals surface area contributed by atoms with Gasteiger partial charge in [0.1, 0.15) is 0 Å². The highest BCUT2D eigenvalue weighted by Crippen LogP contribution is 2.21. The van der Waals surface area contributed by atoms with E-state index in [-0.39, 0.29) is 11.8 Å². The largest absolute Gasteiger partial charge is 0.345 e. The number of rotatable bonds is 4. The molecule has 0 spiro atoms. The Kier molecular flexibility index (Phi) is 4.90. The maximum Gasteiger partial charge on any atom is 0.345 e. The van der Waals surface area contributed by atoms with E-state index in [1.807, 2.05) is 27.7 Å². The Bertz CT molecular complexity index is 141. The van der Waals surface area contributed by atoms with Crippen LogP contribution in [0.1, 0.15) is 34.1 Å². The molecule has 0 saturated heterocycles. The van der Waals surface area contributed by atoms with E-state index in [0.717, 1.165) is 6.42 Å². The van der Waals surface area contributed by atoms with Crippen molar-refractivity contribution in [2.24, 2.45) is 17.8 Å². The number of hydrogen-bond donors (Lipinski definition) is 1. The van der Waals surface area contributed by atoms with E-state index < -0.39 is 5.97 Å². The van der Waals surface area contributed by atoms with Crippen LogP contribution in [0.5, 0.6) is 0 Å². The lowest BCUT2D eigenvalue weighted by Gasteiger charge is -2.18. The van der Waals surface area contributed by atoms with Gasteiger partial charge in [-0.15, -0.1) is 0 Å². The lowest BCUT2D eigenvalue weighted by molar-refractivity contribution is -0.240. The molecular formula is C9H18O3. The van der Waals surface area contributed by atoms with Crippen LogP contribution in [-0.2, 0) is 9.68 Å². The zero-order valence-electron chi connectivity index (χ0n) is 8.20. The van der Waals surface area contributed by atoms with Gasteiger partial charge in [-0.3, -0.25) is 0 Å². The molecule has 0 amide bonds. The average Bonchev–Trinajstić information content (AvgIpc) is 1.98. The monoisotopic (exact) mass is 174 g/mol. The Morgan fingerprint density at radius 2 is 1.83 bits per heavy atom. The molecule has 0 heterocycles. The van der Waals surface area contributed by atoms with E-state index in [4.69, 9.17) is 5.26 Å². The Hall–Kier alpha value is -0.570. The van der Waals surface area contributed by atoms with E-state index in [1.165, 1.54) is 0 Å². The van der Waals surface area contributed by atoms with Crippen LogP contribution < -0.4 is 0 Å². The van der Waals surface area contributed by atoms with E-state index >= 15 is 0 Å². The van der Waals surface area contributed by atoms with Gasteiger partial charge in [-0.25, -0.2) is 4.79 Å². The molecule has 3 nitrogen and oxygen atoms in total. The first-order valence-corrected chi connectivity index (χ1v) is 4.34. The van der Waals surface area contributed by atoms with E-state index in [2.05, 4.69) is 4.89 Å². The predicted molar refractivity (Wildman–Crippen MR) is 46.5 cm³/mol. The van der Waals surface area contributed by atoms with Crippen LogP contribution in [0.3, 0.4) is 0 Å². The molecule has 0 aromatic carbocycles. The summed E-state index contributed by atoms with van der Waals surface area (Å²) < 4.78 is 0. The van der Waals surface area contributed by atoms with Gasteiger partial charge in [0.2, 0.25) is 0 Å². The van der Waals surface area contributed by atoms with Crippen LogP contribution in [0.2, 0.25) is 0 Å². The summed E-state index contributed by atoms with van der Waals surface area (Å²) in [4.78, 5) is 14.8. The summed E-state index contributed by atoms with van der Waals surface area (Å²) in [6.07, 6.45) is 0.761. The topological polar surface area (TPSA) is 46.5 Å². The highest BCUT2D eigenvalue weighted by Gasteiger charge is 2.24. The second-order valence-electron chi connectivity index (χ2n) is 3.89. The van der Waals surface area contributed by atoms with Gasteiger partial charge in [0.25, 0.3) is 0 Å². The van der Waals surface area contributed by atoms with Crippen molar-refractivity contribution in [1.29, 1.82) is 0 Å². The van der Waals surface area contributed by atoms with Crippen LogP contribution in [-0.4, -0.2) is 11.2 Å². The van der Waals surface area contributed by atoms with Crippen molar-refractivity contribution in [2.75, 3.05) is 0 Å². The summed E-state index contributed by atoms with van der Waals surface area (Å²) in [5.74, 6) is -0.0442. The average molecular weight is 174 g/mol. The lowest BCUT2D eigenvalue weighted by atomic mass is 9.88. The number of hydrogen-bond acceptors (Lipinski definition) is 3. The number of carbonyl (C=O) groups is 1. The standard InChI is InChI=1S/C9H18O3/c1-6(2)5-8(7(3)4)9(10)12-11/h6-8,11H,5H2,1-4H3. The predicted octanol–water partition coefficient (Wildman–Crippen LogP) is 2.32. The second kappa shape index (κ2) is 5.14. The minimum absolute atomic E-state index is 0.185.